The van der Waals surface area contributed by atoms with Gasteiger partial charge in [-0.05, 0) is 69.0 Å². The van der Waals surface area contributed by atoms with Crippen molar-refractivity contribution in [3.05, 3.63) is 87.9 Å². The van der Waals surface area contributed by atoms with Crippen molar-refractivity contribution in [2.24, 2.45) is 0 Å². The fourth-order valence-electron chi connectivity index (χ4n) is 4.03. The number of esters is 1. The molecular formula is C27H27FN2O3S. The topological polar surface area (TPSA) is 61.2 Å². The summed E-state index contributed by atoms with van der Waals surface area (Å²) in [5, 5.41) is 0.998. The molecule has 7 heteroatoms. The van der Waals surface area contributed by atoms with Crippen molar-refractivity contribution in [1.29, 1.82) is 0 Å². The Morgan fingerprint density at radius 3 is 2.59 bits per heavy atom. The second-order valence-electron chi connectivity index (χ2n) is 8.33. The average molecular weight is 479 g/mol. The van der Waals surface area contributed by atoms with Gasteiger partial charge < -0.3 is 9.30 Å². The van der Waals surface area contributed by atoms with E-state index in [1.165, 1.54) is 12.1 Å². The molecule has 0 aliphatic rings. The molecule has 0 radical (unpaired) electrons. The van der Waals surface area contributed by atoms with Crippen molar-refractivity contribution < 1.29 is 18.7 Å². The van der Waals surface area contributed by atoms with Crippen LogP contribution in [-0.2, 0) is 28.9 Å². The molecule has 0 fully saturated rings. The Kier molecular flexibility index (Phi) is 7.53. The quantitative estimate of drug-likeness (QED) is 0.212. The number of Topliss-reactive ketones (excluding diaryl/α,β-unsaturated/α-hetero) is 1. The van der Waals surface area contributed by atoms with Crippen LogP contribution in [0.4, 0.5) is 4.39 Å². The highest BCUT2D eigenvalue weighted by Crippen LogP contribution is 2.23. The van der Waals surface area contributed by atoms with Gasteiger partial charge in [-0.1, -0.05) is 24.3 Å². The molecule has 0 N–H and O–H groups in total. The van der Waals surface area contributed by atoms with Crippen molar-refractivity contribution in [1.82, 2.24) is 9.55 Å². The van der Waals surface area contributed by atoms with Gasteiger partial charge >= 0.3 is 5.97 Å². The van der Waals surface area contributed by atoms with Crippen molar-refractivity contribution in [2.75, 3.05) is 6.61 Å². The van der Waals surface area contributed by atoms with E-state index >= 15 is 0 Å². The zero-order valence-corrected chi connectivity index (χ0v) is 20.2. The fourth-order valence-corrected chi connectivity index (χ4v) is 5.04. The van der Waals surface area contributed by atoms with Crippen LogP contribution in [0, 0.1) is 19.7 Å². The number of para-hydroxylation sites is 1. The van der Waals surface area contributed by atoms with Gasteiger partial charge in [0.15, 0.2) is 6.61 Å². The highest BCUT2D eigenvalue weighted by molar-refractivity contribution is 7.18. The SMILES string of the molecule is Cc1cc(C(=O)COC(=O)CCCc2nc3ccccc3s2)c(C)n1CCc1ccc(F)cc1. The van der Waals surface area contributed by atoms with Crippen LogP contribution >= 0.6 is 11.3 Å². The molecule has 0 atom stereocenters. The van der Waals surface area contributed by atoms with Crippen LogP contribution < -0.4 is 0 Å². The number of carbonyl (C=O) groups is 2. The Hall–Kier alpha value is -3.32. The van der Waals surface area contributed by atoms with Crippen molar-refractivity contribution in [3.8, 4) is 0 Å². The van der Waals surface area contributed by atoms with Crippen LogP contribution in [0.2, 0.25) is 0 Å². The van der Waals surface area contributed by atoms with Gasteiger partial charge in [0.1, 0.15) is 5.82 Å². The summed E-state index contributed by atoms with van der Waals surface area (Å²) in [6, 6.07) is 16.2. The van der Waals surface area contributed by atoms with Gasteiger partial charge in [-0.15, -0.1) is 11.3 Å². The Morgan fingerprint density at radius 1 is 1.06 bits per heavy atom. The number of hydrogen-bond donors (Lipinski definition) is 0. The molecule has 0 aliphatic heterocycles. The van der Waals surface area contributed by atoms with Crippen LogP contribution in [0.3, 0.4) is 0 Å². The molecule has 0 unspecified atom stereocenters. The van der Waals surface area contributed by atoms with Crippen LogP contribution in [0.25, 0.3) is 10.2 Å². The second kappa shape index (κ2) is 10.7. The van der Waals surface area contributed by atoms with E-state index in [2.05, 4.69) is 9.55 Å². The number of carbonyl (C=O) groups excluding carboxylic acids is 2. The summed E-state index contributed by atoms with van der Waals surface area (Å²) in [5.74, 6) is -0.837. The first-order valence-corrected chi connectivity index (χ1v) is 12.2. The zero-order valence-electron chi connectivity index (χ0n) is 19.3. The number of fused-ring (bicyclic) bond motifs is 1. The van der Waals surface area contributed by atoms with E-state index in [1.807, 2.05) is 44.2 Å². The zero-order chi connectivity index (χ0) is 24.1. The fraction of sp³-hybridized carbons (Fsp3) is 0.296. The van der Waals surface area contributed by atoms with E-state index in [0.29, 0.717) is 24.9 Å². The van der Waals surface area contributed by atoms with Crippen LogP contribution in [-0.4, -0.2) is 27.9 Å². The third-order valence-corrected chi connectivity index (χ3v) is 6.98. The number of nitrogens with zero attached hydrogens (tertiary/aromatic N) is 2. The first-order chi connectivity index (χ1) is 16.4. The standard InChI is InChI=1S/C27H27FN2O3S/c1-18-16-22(19(2)30(18)15-14-20-10-12-21(28)13-11-20)24(31)17-33-27(32)9-5-8-26-29-23-6-3-4-7-25(23)34-26/h3-4,6-7,10-13,16H,5,8-9,14-15,17H2,1-2H3. The molecule has 2 aromatic heterocycles. The molecule has 34 heavy (non-hydrogen) atoms. The first kappa shape index (κ1) is 23.8. The number of ether oxygens (including phenoxy) is 1. The second-order valence-corrected chi connectivity index (χ2v) is 9.44. The molecule has 176 valence electrons. The Bertz CT molecular complexity index is 1270. The number of halogens is 1. The third kappa shape index (κ3) is 5.78. The normalized spacial score (nSPS) is 11.1. The van der Waals surface area contributed by atoms with E-state index in [4.69, 9.17) is 4.74 Å². The maximum atomic E-state index is 13.1. The maximum Gasteiger partial charge on any atom is 0.306 e. The molecule has 0 aliphatic carbocycles. The molecule has 0 saturated heterocycles. The van der Waals surface area contributed by atoms with E-state index in [9.17, 15) is 14.0 Å². The Morgan fingerprint density at radius 2 is 1.82 bits per heavy atom. The van der Waals surface area contributed by atoms with Gasteiger partial charge in [-0.25, -0.2) is 9.37 Å². The minimum Gasteiger partial charge on any atom is -0.457 e. The number of benzene rings is 2. The molecule has 2 heterocycles. The van der Waals surface area contributed by atoms with E-state index in [0.717, 1.165) is 38.6 Å². The molecular weight excluding hydrogens is 451 g/mol. The van der Waals surface area contributed by atoms with E-state index in [1.54, 1.807) is 23.5 Å². The number of thiazole rings is 1. The summed E-state index contributed by atoms with van der Waals surface area (Å²) >= 11 is 1.64. The number of ketones is 1. The largest absolute Gasteiger partial charge is 0.457 e. The molecule has 2 aromatic carbocycles. The highest BCUT2D eigenvalue weighted by atomic mass is 32.1. The maximum absolute atomic E-state index is 13.1. The predicted octanol–water partition coefficient (Wildman–Crippen LogP) is 5.85. The summed E-state index contributed by atoms with van der Waals surface area (Å²) in [4.78, 5) is 29.4. The minimum atomic E-state index is -0.375. The number of aromatic nitrogens is 2. The van der Waals surface area contributed by atoms with Gasteiger partial charge in [0, 0.05) is 29.9 Å². The molecule has 4 aromatic rings. The summed E-state index contributed by atoms with van der Waals surface area (Å²) in [7, 11) is 0. The number of rotatable bonds is 10. The van der Waals surface area contributed by atoms with Crippen molar-refractivity contribution >= 4 is 33.3 Å². The van der Waals surface area contributed by atoms with Crippen molar-refractivity contribution in [2.45, 2.75) is 46.1 Å². The smallest absolute Gasteiger partial charge is 0.306 e. The van der Waals surface area contributed by atoms with E-state index < -0.39 is 0 Å². The van der Waals surface area contributed by atoms with Gasteiger partial charge in [0.25, 0.3) is 0 Å². The van der Waals surface area contributed by atoms with E-state index in [-0.39, 0.29) is 30.6 Å². The lowest BCUT2D eigenvalue weighted by Crippen LogP contribution is -2.15. The monoisotopic (exact) mass is 478 g/mol. The molecule has 5 nitrogen and oxygen atoms in total. The van der Waals surface area contributed by atoms with Gasteiger partial charge in [0.05, 0.1) is 15.2 Å². The van der Waals surface area contributed by atoms with Gasteiger partial charge in [0.2, 0.25) is 5.78 Å². The van der Waals surface area contributed by atoms with Crippen LogP contribution in [0.1, 0.15) is 45.2 Å². The van der Waals surface area contributed by atoms with Gasteiger partial charge in [-0.3, -0.25) is 9.59 Å². The average Bonchev–Trinajstić information content (AvgIpc) is 3.37. The van der Waals surface area contributed by atoms with Crippen LogP contribution in [0.15, 0.2) is 54.6 Å². The summed E-state index contributed by atoms with van der Waals surface area (Å²) in [5.41, 5.74) is 4.38. The Labute approximate surface area is 202 Å². The van der Waals surface area contributed by atoms with Gasteiger partial charge in [-0.2, -0.15) is 0 Å². The third-order valence-electron chi connectivity index (χ3n) is 5.89. The Balaban J connectivity index is 1.25. The lowest BCUT2D eigenvalue weighted by Gasteiger charge is -2.10. The molecule has 0 spiro atoms. The summed E-state index contributed by atoms with van der Waals surface area (Å²) in [6.45, 7) is 4.26. The van der Waals surface area contributed by atoms with Crippen LogP contribution in [0.5, 0.6) is 0 Å². The molecule has 0 amide bonds. The first-order valence-electron chi connectivity index (χ1n) is 11.3. The summed E-state index contributed by atoms with van der Waals surface area (Å²) < 4.78 is 21.6. The summed E-state index contributed by atoms with van der Waals surface area (Å²) in [6.07, 6.45) is 2.32. The molecule has 0 bridgehead atoms. The molecule has 0 saturated carbocycles. The lowest BCUT2D eigenvalue weighted by atomic mass is 10.1. The minimum absolute atomic E-state index is 0.208. The highest BCUT2D eigenvalue weighted by Gasteiger charge is 2.17. The van der Waals surface area contributed by atoms with Crippen molar-refractivity contribution in [3.63, 3.8) is 0 Å². The lowest BCUT2D eigenvalue weighted by molar-refractivity contribution is -0.142. The number of hydrogen-bond acceptors (Lipinski definition) is 5. The predicted molar refractivity (Wildman–Crippen MR) is 132 cm³/mol. The number of aryl methyl sites for hydroxylation is 3. The molecule has 4 rings (SSSR count).